The predicted molar refractivity (Wildman–Crippen MR) is 260 cm³/mol. The van der Waals surface area contributed by atoms with Crippen molar-refractivity contribution < 1.29 is 38.4 Å². The second-order valence-electron chi connectivity index (χ2n) is 18.1. The molecule has 0 bridgehead atoms. The average molecular weight is 923 g/mol. The number of aliphatic hydroxyl groups is 1. The first-order valence-corrected chi connectivity index (χ1v) is 23.3. The van der Waals surface area contributed by atoms with Crippen molar-refractivity contribution in [3.05, 3.63) is 190 Å². The number of amides is 2. The molecule has 0 aliphatic carbocycles. The molecule has 6 unspecified atom stereocenters. The quantitative estimate of drug-likeness (QED) is 0.0946. The van der Waals surface area contributed by atoms with Gasteiger partial charge >= 0.3 is 5.97 Å². The predicted octanol–water partition coefficient (Wildman–Crippen LogP) is 7.41. The Balaban J connectivity index is 1.17. The lowest BCUT2D eigenvalue weighted by Crippen LogP contribution is -2.56. The normalized spacial score (nSPS) is 22.4. The Kier molecular flexibility index (Phi) is 12.7. The van der Waals surface area contributed by atoms with Crippen molar-refractivity contribution in [3.8, 4) is 29.1 Å². The van der Waals surface area contributed by atoms with Crippen LogP contribution >= 0.6 is 0 Å². The van der Waals surface area contributed by atoms with Crippen molar-refractivity contribution in [2.75, 3.05) is 52.9 Å². The van der Waals surface area contributed by atoms with Crippen molar-refractivity contribution in [1.82, 2.24) is 14.7 Å². The summed E-state index contributed by atoms with van der Waals surface area (Å²) in [6.07, 6.45) is -0.293. The maximum Gasteiger partial charge on any atom is 0.324 e. The summed E-state index contributed by atoms with van der Waals surface area (Å²) in [7, 11) is 5.20. The number of esters is 1. The lowest BCUT2D eigenvalue weighted by molar-refractivity contribution is -0.179. The van der Waals surface area contributed by atoms with Gasteiger partial charge in [0.1, 0.15) is 29.9 Å². The molecule has 2 N–H and O–H groups in total. The summed E-state index contributed by atoms with van der Waals surface area (Å²) in [4.78, 5) is 53.5. The van der Waals surface area contributed by atoms with Gasteiger partial charge in [-0.2, -0.15) is 0 Å². The van der Waals surface area contributed by atoms with Crippen LogP contribution in [0.1, 0.15) is 62.7 Å². The molecule has 10 rings (SSSR count). The lowest BCUT2D eigenvalue weighted by atomic mass is 9.65. The van der Waals surface area contributed by atoms with Crippen LogP contribution in [0.3, 0.4) is 0 Å². The molecule has 4 heterocycles. The maximum absolute atomic E-state index is 16.2. The van der Waals surface area contributed by atoms with E-state index in [-0.39, 0.29) is 25.7 Å². The van der Waals surface area contributed by atoms with Crippen molar-refractivity contribution in [3.63, 3.8) is 0 Å². The molecule has 0 saturated carbocycles. The Morgan fingerprint density at radius 1 is 0.812 bits per heavy atom. The van der Waals surface area contributed by atoms with Crippen LogP contribution < -0.4 is 19.5 Å². The number of ether oxygens (including phenoxy) is 4. The minimum atomic E-state index is -1.69. The highest BCUT2D eigenvalue weighted by Crippen LogP contribution is 2.65. The van der Waals surface area contributed by atoms with Gasteiger partial charge in [0.25, 0.3) is 0 Å². The van der Waals surface area contributed by atoms with E-state index in [1.165, 1.54) is 5.56 Å². The molecule has 2 amide bonds. The van der Waals surface area contributed by atoms with Crippen LogP contribution in [0.25, 0.3) is 0 Å². The third-order valence-electron chi connectivity index (χ3n) is 14.0. The Morgan fingerprint density at radius 2 is 1.48 bits per heavy atom. The number of hydrogen-bond acceptors (Lipinski definition) is 10. The summed E-state index contributed by atoms with van der Waals surface area (Å²) in [5.74, 6) is 5.78. The zero-order chi connectivity index (χ0) is 47.6. The van der Waals surface area contributed by atoms with Gasteiger partial charge in [0.15, 0.2) is 11.5 Å². The van der Waals surface area contributed by atoms with E-state index in [0.717, 1.165) is 28.8 Å². The number of cyclic esters (lactones) is 1. The third-order valence-corrected chi connectivity index (χ3v) is 14.0. The Morgan fingerprint density at radius 3 is 2.16 bits per heavy atom. The van der Waals surface area contributed by atoms with E-state index >= 15 is 14.4 Å². The number of carbonyl (C=O) groups is 3. The minimum absolute atomic E-state index is 0.0947. The van der Waals surface area contributed by atoms with E-state index in [9.17, 15) is 5.11 Å². The van der Waals surface area contributed by atoms with E-state index in [1.54, 1.807) is 19.1 Å². The molecular formula is C57H54N4O8. The van der Waals surface area contributed by atoms with E-state index in [2.05, 4.69) is 39.1 Å². The summed E-state index contributed by atoms with van der Waals surface area (Å²) in [5.41, 5.74) is 5.50. The van der Waals surface area contributed by atoms with Crippen molar-refractivity contribution in [2.24, 2.45) is 5.92 Å². The number of carbonyl (C=O) groups excluding carboxylic acids is 3. The first-order valence-electron chi connectivity index (χ1n) is 23.3. The van der Waals surface area contributed by atoms with E-state index < -0.39 is 47.4 Å². The van der Waals surface area contributed by atoms with Crippen molar-refractivity contribution in [2.45, 2.75) is 49.2 Å². The zero-order valence-electron chi connectivity index (χ0n) is 38.8. The number of nitrogens with one attached hydrogen (secondary N) is 1. The molecule has 2 saturated heterocycles. The largest absolute Gasteiger partial charge is 0.493 e. The van der Waals surface area contributed by atoms with Gasteiger partial charge in [-0.1, -0.05) is 115 Å². The van der Waals surface area contributed by atoms with Crippen LogP contribution in [0, 0.1) is 17.8 Å². The molecular weight excluding hydrogens is 869 g/mol. The average Bonchev–Trinajstić information content (AvgIpc) is 3.86. The molecule has 4 aliphatic rings. The fourth-order valence-electron chi connectivity index (χ4n) is 11.1. The van der Waals surface area contributed by atoms with Crippen LogP contribution in [0.2, 0.25) is 0 Å². The Labute approximate surface area is 402 Å². The highest BCUT2D eigenvalue weighted by Gasteiger charge is 2.74. The Bertz CT molecular complexity index is 2920. The van der Waals surface area contributed by atoms with Crippen molar-refractivity contribution >= 4 is 23.5 Å². The van der Waals surface area contributed by atoms with E-state index in [4.69, 9.17) is 18.9 Å². The topological polar surface area (TPSA) is 130 Å². The van der Waals surface area contributed by atoms with Gasteiger partial charge in [0, 0.05) is 30.9 Å². The van der Waals surface area contributed by atoms with Gasteiger partial charge in [-0.3, -0.25) is 24.2 Å². The van der Waals surface area contributed by atoms with Crippen molar-refractivity contribution in [1.29, 1.82) is 0 Å². The smallest absolute Gasteiger partial charge is 0.324 e. The molecule has 12 heteroatoms. The van der Waals surface area contributed by atoms with Crippen LogP contribution in [0.5, 0.6) is 17.2 Å². The number of methoxy groups -OCH3 is 2. The van der Waals surface area contributed by atoms with Crippen LogP contribution in [0.4, 0.5) is 5.69 Å². The summed E-state index contributed by atoms with van der Waals surface area (Å²) >= 11 is 0. The minimum Gasteiger partial charge on any atom is -0.493 e. The SMILES string of the molecule is COc1cc2c(cc1OC)CN(C(=O)C1C3C(=O)OC(c4ccccc4)C(c4ccccc4)N3C(c3ccc(OCCO)cc3)C13C(=O)Nc1ccc(C#CCN(C)Cc4ccccc4)cc13)CC2. The first-order chi connectivity index (χ1) is 33.7. The van der Waals surface area contributed by atoms with Gasteiger partial charge in [0.2, 0.25) is 11.8 Å². The second-order valence-corrected chi connectivity index (χ2v) is 18.1. The summed E-state index contributed by atoms with van der Waals surface area (Å²) < 4.78 is 23.8. The highest BCUT2D eigenvalue weighted by atomic mass is 16.6. The molecule has 69 heavy (non-hydrogen) atoms. The number of rotatable bonds is 12. The summed E-state index contributed by atoms with van der Waals surface area (Å²) in [6, 6.07) is 43.9. The van der Waals surface area contributed by atoms with Crippen LogP contribution in [-0.4, -0.2) is 91.2 Å². The summed E-state index contributed by atoms with van der Waals surface area (Å²) in [6.45, 7) is 1.69. The molecule has 350 valence electrons. The van der Waals surface area contributed by atoms with Gasteiger partial charge < -0.3 is 34.3 Å². The van der Waals surface area contributed by atoms with Gasteiger partial charge in [-0.25, -0.2) is 0 Å². The molecule has 1 spiro atoms. The standard InChI is InChI=1S/C57H54N4O8/c1-59(35-38-14-7-4-8-15-38)28-13-16-37-21-26-46-45(32-37)57(56(65)58-46)49(54(63)60-29-27-42-33-47(66-2)48(67-3)34-43(42)36-60)51-55(64)69-52(40-19-11-6-12-20-40)50(39-17-9-5-10-18-39)61(51)53(57)41-22-24-44(25-23-41)68-31-30-62/h4-12,14-15,17-26,32-34,49-53,62H,27-31,35-36H2,1-3H3,(H,58,65). The maximum atomic E-state index is 16.2. The number of fused-ring (bicyclic) bond motifs is 4. The Hall–Kier alpha value is -7.43. The van der Waals surface area contributed by atoms with Gasteiger partial charge in [0.05, 0.1) is 45.4 Å². The molecule has 2 fully saturated rings. The number of morpholine rings is 1. The number of hydrogen-bond donors (Lipinski definition) is 2. The fourth-order valence-corrected chi connectivity index (χ4v) is 11.1. The molecule has 4 aliphatic heterocycles. The second kappa shape index (κ2) is 19.3. The third kappa shape index (κ3) is 8.26. The number of anilines is 1. The van der Waals surface area contributed by atoms with E-state index in [0.29, 0.717) is 59.1 Å². The highest BCUT2D eigenvalue weighted by molar-refractivity contribution is 6.12. The lowest BCUT2D eigenvalue weighted by Gasteiger charge is -2.46. The first kappa shape index (κ1) is 45.4. The van der Waals surface area contributed by atoms with Gasteiger partial charge in [-0.15, -0.1) is 0 Å². The van der Waals surface area contributed by atoms with Crippen LogP contribution in [-0.2, 0) is 44.0 Å². The molecule has 12 nitrogen and oxygen atoms in total. The summed E-state index contributed by atoms with van der Waals surface area (Å²) in [5, 5.41) is 12.8. The molecule has 6 aromatic carbocycles. The number of benzene rings is 6. The molecule has 6 aromatic rings. The molecule has 6 atom stereocenters. The number of nitrogens with zero attached hydrogens (tertiary/aromatic N) is 3. The number of aliphatic hydroxyl groups excluding tert-OH is 1. The zero-order valence-corrected chi connectivity index (χ0v) is 38.8. The molecule has 0 radical (unpaired) electrons. The monoisotopic (exact) mass is 922 g/mol. The van der Waals surface area contributed by atoms with Crippen LogP contribution in [0.15, 0.2) is 146 Å². The van der Waals surface area contributed by atoms with Gasteiger partial charge in [-0.05, 0) is 94.9 Å². The molecule has 0 aromatic heterocycles. The van der Waals surface area contributed by atoms with E-state index in [1.807, 2.05) is 141 Å². The fraction of sp³-hybridized carbons (Fsp3) is 0.281.